The molecule has 0 spiro atoms. The summed E-state index contributed by atoms with van der Waals surface area (Å²) in [5.41, 5.74) is 1.12. The van der Waals surface area contributed by atoms with Crippen molar-refractivity contribution in [3.05, 3.63) is 29.8 Å². The van der Waals surface area contributed by atoms with Crippen molar-refractivity contribution in [1.29, 1.82) is 0 Å². The molecular weight excluding hydrogens is 138 g/mol. The van der Waals surface area contributed by atoms with Crippen LogP contribution in [0.25, 0.3) is 0 Å². The molecule has 1 N–H and O–H groups in total. The van der Waals surface area contributed by atoms with Crippen LogP contribution in [-0.2, 0) is 6.54 Å². The van der Waals surface area contributed by atoms with Gasteiger partial charge >= 0.3 is 0 Å². The lowest BCUT2D eigenvalue weighted by molar-refractivity contribution is 0.413. The Morgan fingerprint density at radius 1 is 1.55 bits per heavy atom. The van der Waals surface area contributed by atoms with Crippen LogP contribution in [-0.4, -0.2) is 14.2 Å². The van der Waals surface area contributed by atoms with Gasteiger partial charge in [0.05, 0.1) is 7.11 Å². The van der Waals surface area contributed by atoms with Crippen LogP contribution in [0.5, 0.6) is 5.75 Å². The Bertz CT molecular complexity index is 223. The highest BCUT2D eigenvalue weighted by Crippen LogP contribution is 2.10. The second-order valence-electron chi connectivity index (χ2n) is 2.27. The molecule has 1 radical (unpaired) electrons. The highest BCUT2D eigenvalue weighted by atomic mass is 16.5. The van der Waals surface area contributed by atoms with Gasteiger partial charge in [-0.1, -0.05) is 12.1 Å². The smallest absolute Gasteiger partial charge is 0.127 e. The van der Waals surface area contributed by atoms with E-state index >= 15 is 0 Å². The Hall–Kier alpha value is -1.02. The Morgan fingerprint density at radius 2 is 2.36 bits per heavy atom. The first-order valence-corrected chi connectivity index (χ1v) is 3.56. The number of rotatable bonds is 3. The highest BCUT2D eigenvalue weighted by Gasteiger charge is 1.93. The highest BCUT2D eigenvalue weighted by molar-refractivity contribution is 5.26. The van der Waals surface area contributed by atoms with Crippen molar-refractivity contribution in [2.75, 3.05) is 14.2 Å². The number of methoxy groups -OCH3 is 1. The molecule has 0 heterocycles. The topological polar surface area (TPSA) is 21.3 Å². The van der Waals surface area contributed by atoms with Gasteiger partial charge in [0.2, 0.25) is 0 Å². The van der Waals surface area contributed by atoms with E-state index < -0.39 is 0 Å². The number of nitrogens with one attached hydrogen (secondary N) is 1. The van der Waals surface area contributed by atoms with E-state index in [4.69, 9.17) is 4.74 Å². The SMILES string of the molecule is CNCc1[c]c(OC)ccc1. The molecule has 0 amide bonds. The van der Waals surface area contributed by atoms with Crippen LogP contribution in [0.2, 0.25) is 0 Å². The molecule has 0 fully saturated rings. The van der Waals surface area contributed by atoms with Crippen molar-refractivity contribution in [3.63, 3.8) is 0 Å². The summed E-state index contributed by atoms with van der Waals surface area (Å²) in [6.45, 7) is 0.831. The maximum atomic E-state index is 5.02. The minimum absolute atomic E-state index is 0.790. The van der Waals surface area contributed by atoms with Crippen molar-refractivity contribution in [1.82, 2.24) is 5.32 Å². The van der Waals surface area contributed by atoms with E-state index in [2.05, 4.69) is 11.4 Å². The van der Waals surface area contributed by atoms with Gasteiger partial charge in [-0.15, -0.1) is 0 Å². The maximum Gasteiger partial charge on any atom is 0.127 e. The van der Waals surface area contributed by atoms with Gasteiger partial charge in [0, 0.05) is 12.6 Å². The summed E-state index contributed by atoms with van der Waals surface area (Å²) in [6, 6.07) is 8.97. The molecule has 2 heteroatoms. The summed E-state index contributed by atoms with van der Waals surface area (Å²) in [5, 5.41) is 3.05. The van der Waals surface area contributed by atoms with Gasteiger partial charge in [0.15, 0.2) is 0 Å². The number of hydrogen-bond donors (Lipinski definition) is 1. The fraction of sp³-hybridized carbons (Fsp3) is 0.333. The van der Waals surface area contributed by atoms with Crippen LogP contribution in [0, 0.1) is 6.07 Å². The first kappa shape index (κ1) is 8.08. The molecule has 11 heavy (non-hydrogen) atoms. The van der Waals surface area contributed by atoms with Crippen molar-refractivity contribution in [3.8, 4) is 5.75 Å². The second kappa shape index (κ2) is 3.98. The quantitative estimate of drug-likeness (QED) is 0.699. The summed E-state index contributed by atoms with van der Waals surface area (Å²) < 4.78 is 5.02. The standard InChI is InChI=1S/C9H12NO/c1-10-7-8-4-3-5-9(6-8)11-2/h3-5,10H,7H2,1-2H3. The van der Waals surface area contributed by atoms with Gasteiger partial charge in [-0.25, -0.2) is 0 Å². The molecule has 1 rings (SSSR count). The molecule has 2 nitrogen and oxygen atoms in total. The van der Waals surface area contributed by atoms with Gasteiger partial charge in [0.25, 0.3) is 0 Å². The van der Waals surface area contributed by atoms with Crippen LogP contribution < -0.4 is 10.1 Å². The summed E-state index contributed by atoms with van der Waals surface area (Å²) in [5.74, 6) is 0.790. The fourth-order valence-corrected chi connectivity index (χ4v) is 0.906. The Labute approximate surface area is 67.2 Å². The minimum atomic E-state index is 0.790. The van der Waals surface area contributed by atoms with E-state index in [1.54, 1.807) is 7.11 Å². The predicted octanol–water partition coefficient (Wildman–Crippen LogP) is 1.21. The number of benzene rings is 1. The molecular formula is C9H12NO. The van der Waals surface area contributed by atoms with Gasteiger partial charge in [-0.05, 0) is 18.7 Å². The monoisotopic (exact) mass is 150 g/mol. The zero-order valence-corrected chi connectivity index (χ0v) is 6.85. The van der Waals surface area contributed by atoms with Crippen molar-refractivity contribution < 1.29 is 4.74 Å². The van der Waals surface area contributed by atoms with Crippen molar-refractivity contribution in [2.24, 2.45) is 0 Å². The minimum Gasteiger partial charge on any atom is -0.496 e. The van der Waals surface area contributed by atoms with E-state index in [9.17, 15) is 0 Å². The molecule has 0 aromatic heterocycles. The third kappa shape index (κ3) is 2.24. The van der Waals surface area contributed by atoms with Gasteiger partial charge in [0.1, 0.15) is 5.75 Å². The molecule has 0 atom stereocenters. The molecule has 1 aromatic rings. The molecule has 0 bridgehead atoms. The largest absolute Gasteiger partial charge is 0.496 e. The molecule has 0 saturated carbocycles. The van der Waals surface area contributed by atoms with E-state index in [0.29, 0.717) is 0 Å². The molecule has 0 unspecified atom stereocenters. The van der Waals surface area contributed by atoms with Gasteiger partial charge < -0.3 is 10.1 Å². The third-order valence-electron chi connectivity index (χ3n) is 1.42. The van der Waals surface area contributed by atoms with Gasteiger partial charge in [-0.2, -0.15) is 0 Å². The van der Waals surface area contributed by atoms with E-state index in [1.807, 2.05) is 25.2 Å². The first-order valence-electron chi connectivity index (χ1n) is 3.56. The number of hydrogen-bond acceptors (Lipinski definition) is 2. The average Bonchev–Trinajstić information content (AvgIpc) is 2.06. The molecule has 1 aromatic carbocycles. The van der Waals surface area contributed by atoms with Crippen molar-refractivity contribution in [2.45, 2.75) is 6.54 Å². The van der Waals surface area contributed by atoms with Gasteiger partial charge in [-0.3, -0.25) is 0 Å². The Kier molecular flexibility index (Phi) is 2.93. The Balaban J connectivity index is 2.74. The van der Waals surface area contributed by atoms with Crippen LogP contribution in [0.3, 0.4) is 0 Å². The zero-order valence-electron chi connectivity index (χ0n) is 6.85. The van der Waals surface area contributed by atoms with Crippen molar-refractivity contribution >= 4 is 0 Å². The molecule has 0 aliphatic carbocycles. The molecule has 59 valence electrons. The van der Waals surface area contributed by atoms with E-state index in [-0.39, 0.29) is 0 Å². The fourth-order valence-electron chi connectivity index (χ4n) is 0.906. The van der Waals surface area contributed by atoms with Crippen LogP contribution in [0.15, 0.2) is 18.2 Å². The lowest BCUT2D eigenvalue weighted by Gasteiger charge is -2.01. The average molecular weight is 150 g/mol. The Morgan fingerprint density at radius 3 is 3.00 bits per heavy atom. The normalized spacial score (nSPS) is 9.64. The number of ether oxygens (including phenoxy) is 1. The van der Waals surface area contributed by atoms with E-state index in [0.717, 1.165) is 17.9 Å². The maximum absolute atomic E-state index is 5.02. The van der Waals surface area contributed by atoms with Crippen LogP contribution in [0.1, 0.15) is 5.56 Å². The summed E-state index contributed by atoms with van der Waals surface area (Å²) in [7, 11) is 3.56. The second-order valence-corrected chi connectivity index (χ2v) is 2.27. The lowest BCUT2D eigenvalue weighted by atomic mass is 10.2. The summed E-state index contributed by atoms with van der Waals surface area (Å²) in [6.07, 6.45) is 0. The van der Waals surface area contributed by atoms with Crippen LogP contribution in [0.4, 0.5) is 0 Å². The van der Waals surface area contributed by atoms with Crippen LogP contribution >= 0.6 is 0 Å². The summed E-state index contributed by atoms with van der Waals surface area (Å²) >= 11 is 0. The zero-order chi connectivity index (χ0) is 8.10. The molecule has 0 saturated heterocycles. The first-order chi connectivity index (χ1) is 5.36. The summed E-state index contributed by atoms with van der Waals surface area (Å²) in [4.78, 5) is 0. The van der Waals surface area contributed by atoms with E-state index in [1.165, 1.54) is 0 Å². The molecule has 0 aliphatic heterocycles. The predicted molar refractivity (Wildman–Crippen MR) is 44.6 cm³/mol. The lowest BCUT2D eigenvalue weighted by Crippen LogP contribution is -2.04. The third-order valence-corrected chi connectivity index (χ3v) is 1.42. The molecule has 0 aliphatic rings.